The fraction of sp³-hybridized carbons (Fsp3) is 0.238. The summed E-state index contributed by atoms with van der Waals surface area (Å²) in [5, 5.41) is 4.33. The number of nitrogens with zero attached hydrogens (tertiary/aromatic N) is 4. The van der Waals surface area contributed by atoms with Crippen molar-refractivity contribution < 1.29 is 9.53 Å². The molecular formula is C21H20N4O3S. The maximum absolute atomic E-state index is 13.4. The standard InChI is InChI=1S/C21H20N4O3S/c1-12-15(11-24(3)23-12)10-16-19(26)25-18(14-8-6-5-7-9-14)17(20(27)28-4)13(2)22-21(25)29-16/h5-11,18H,1-4H3/b16-10-. The molecule has 1 aromatic carbocycles. The van der Waals surface area contributed by atoms with Crippen LogP contribution in [0.3, 0.4) is 0 Å². The van der Waals surface area contributed by atoms with Crippen molar-refractivity contribution in [3.63, 3.8) is 0 Å². The molecule has 1 aliphatic rings. The number of benzene rings is 1. The lowest BCUT2D eigenvalue weighted by atomic mass is 9.96. The molecule has 1 unspecified atom stereocenters. The zero-order chi connectivity index (χ0) is 20.7. The number of hydrogen-bond acceptors (Lipinski definition) is 6. The number of carbonyl (C=O) groups is 1. The molecule has 0 amide bonds. The number of rotatable bonds is 3. The first-order valence-corrected chi connectivity index (χ1v) is 9.88. The lowest BCUT2D eigenvalue weighted by molar-refractivity contribution is -0.136. The van der Waals surface area contributed by atoms with Gasteiger partial charge in [-0.25, -0.2) is 9.79 Å². The summed E-state index contributed by atoms with van der Waals surface area (Å²) < 4.78 is 8.83. The van der Waals surface area contributed by atoms with E-state index in [0.717, 1.165) is 16.8 Å². The summed E-state index contributed by atoms with van der Waals surface area (Å²) in [5.41, 5.74) is 3.26. The predicted molar refractivity (Wildman–Crippen MR) is 110 cm³/mol. The number of fused-ring (bicyclic) bond motifs is 1. The predicted octanol–water partition coefficient (Wildman–Crippen LogP) is 1.45. The van der Waals surface area contributed by atoms with E-state index in [1.165, 1.54) is 18.4 Å². The van der Waals surface area contributed by atoms with Crippen LogP contribution in [0.1, 0.15) is 29.8 Å². The number of allylic oxidation sites excluding steroid dienone is 1. The normalized spacial score (nSPS) is 16.6. The van der Waals surface area contributed by atoms with Crippen molar-refractivity contribution in [2.75, 3.05) is 7.11 Å². The van der Waals surface area contributed by atoms with E-state index in [0.29, 0.717) is 20.6 Å². The SMILES string of the molecule is COC(=O)C1=C(C)N=c2s/c(=C\c3cn(C)nc3C)c(=O)n2C1c1ccccc1. The Morgan fingerprint density at radius 2 is 1.97 bits per heavy atom. The highest BCUT2D eigenvalue weighted by molar-refractivity contribution is 7.07. The largest absolute Gasteiger partial charge is 0.466 e. The highest BCUT2D eigenvalue weighted by atomic mass is 32.1. The number of aryl methyl sites for hydroxylation is 2. The molecule has 148 valence electrons. The summed E-state index contributed by atoms with van der Waals surface area (Å²) in [6.45, 7) is 3.67. The van der Waals surface area contributed by atoms with Crippen LogP contribution in [0.25, 0.3) is 6.08 Å². The smallest absolute Gasteiger partial charge is 0.338 e. The summed E-state index contributed by atoms with van der Waals surface area (Å²) in [7, 11) is 3.17. The maximum atomic E-state index is 13.4. The Morgan fingerprint density at radius 1 is 1.24 bits per heavy atom. The molecule has 0 fully saturated rings. The fourth-order valence-corrected chi connectivity index (χ4v) is 4.58. The molecule has 29 heavy (non-hydrogen) atoms. The quantitative estimate of drug-likeness (QED) is 0.615. The van der Waals surface area contributed by atoms with E-state index in [9.17, 15) is 9.59 Å². The van der Waals surface area contributed by atoms with Crippen molar-refractivity contribution >= 4 is 23.4 Å². The van der Waals surface area contributed by atoms with Gasteiger partial charge in [-0.05, 0) is 25.5 Å². The second-order valence-corrected chi connectivity index (χ2v) is 7.84. The van der Waals surface area contributed by atoms with Gasteiger partial charge in [0.05, 0.1) is 34.6 Å². The number of carbonyl (C=O) groups excluding carboxylic acids is 1. The first-order valence-electron chi connectivity index (χ1n) is 9.06. The Kier molecular flexibility index (Phi) is 4.79. The summed E-state index contributed by atoms with van der Waals surface area (Å²) in [4.78, 5) is 31.0. The van der Waals surface area contributed by atoms with E-state index < -0.39 is 12.0 Å². The Labute approximate surface area is 170 Å². The highest BCUT2D eigenvalue weighted by Gasteiger charge is 2.32. The molecule has 0 saturated heterocycles. The van der Waals surface area contributed by atoms with Gasteiger partial charge in [0.15, 0.2) is 4.80 Å². The molecule has 0 N–H and O–H groups in total. The van der Waals surface area contributed by atoms with Crippen LogP contribution < -0.4 is 14.9 Å². The molecule has 3 aromatic rings. The molecule has 1 atom stereocenters. The molecule has 7 nitrogen and oxygen atoms in total. The third kappa shape index (κ3) is 3.25. The van der Waals surface area contributed by atoms with Gasteiger partial charge < -0.3 is 4.74 Å². The molecular weight excluding hydrogens is 388 g/mol. The summed E-state index contributed by atoms with van der Waals surface area (Å²) in [6.07, 6.45) is 3.69. The molecule has 0 saturated carbocycles. The van der Waals surface area contributed by atoms with Crippen LogP contribution >= 0.6 is 11.3 Å². The molecule has 0 radical (unpaired) electrons. The maximum Gasteiger partial charge on any atom is 0.338 e. The molecule has 2 aromatic heterocycles. The van der Waals surface area contributed by atoms with Crippen LogP contribution in [-0.2, 0) is 16.6 Å². The van der Waals surface area contributed by atoms with Crippen molar-refractivity contribution in [1.82, 2.24) is 14.3 Å². The summed E-state index contributed by atoms with van der Waals surface area (Å²) in [6, 6.07) is 8.87. The minimum atomic E-state index is -0.586. The Morgan fingerprint density at radius 3 is 2.59 bits per heavy atom. The number of hydrogen-bond donors (Lipinski definition) is 0. The minimum absolute atomic E-state index is 0.195. The molecule has 0 bridgehead atoms. The van der Waals surface area contributed by atoms with Gasteiger partial charge in [-0.2, -0.15) is 5.10 Å². The number of thiazole rings is 1. The van der Waals surface area contributed by atoms with Crippen LogP contribution in [0.15, 0.2) is 57.6 Å². The van der Waals surface area contributed by atoms with Gasteiger partial charge in [0, 0.05) is 18.8 Å². The zero-order valence-electron chi connectivity index (χ0n) is 16.5. The Bertz CT molecular complexity index is 1310. The van der Waals surface area contributed by atoms with Gasteiger partial charge in [0.2, 0.25) is 0 Å². The van der Waals surface area contributed by atoms with E-state index in [-0.39, 0.29) is 5.56 Å². The van der Waals surface area contributed by atoms with Gasteiger partial charge in [0.25, 0.3) is 5.56 Å². The van der Waals surface area contributed by atoms with E-state index in [1.807, 2.05) is 56.6 Å². The van der Waals surface area contributed by atoms with Crippen molar-refractivity contribution in [2.24, 2.45) is 12.0 Å². The van der Waals surface area contributed by atoms with E-state index in [4.69, 9.17) is 4.74 Å². The second kappa shape index (κ2) is 7.29. The first kappa shape index (κ1) is 19.1. The third-order valence-corrected chi connectivity index (χ3v) is 5.86. The highest BCUT2D eigenvalue weighted by Crippen LogP contribution is 2.30. The van der Waals surface area contributed by atoms with Crippen molar-refractivity contribution in [3.05, 3.63) is 84.3 Å². The lowest BCUT2D eigenvalue weighted by Crippen LogP contribution is -2.39. The summed E-state index contributed by atoms with van der Waals surface area (Å²) in [5.74, 6) is -0.488. The molecule has 0 spiro atoms. The first-order chi connectivity index (χ1) is 13.9. The van der Waals surface area contributed by atoms with Crippen LogP contribution in [0.2, 0.25) is 0 Å². The van der Waals surface area contributed by atoms with E-state index in [1.54, 1.807) is 16.2 Å². The molecule has 0 aliphatic carbocycles. The van der Waals surface area contributed by atoms with E-state index in [2.05, 4.69) is 10.1 Å². The second-order valence-electron chi connectivity index (χ2n) is 6.83. The topological polar surface area (TPSA) is 78.5 Å². The fourth-order valence-electron chi connectivity index (χ4n) is 3.54. The van der Waals surface area contributed by atoms with Crippen LogP contribution in [0.5, 0.6) is 0 Å². The number of ether oxygens (including phenoxy) is 1. The number of esters is 1. The van der Waals surface area contributed by atoms with Gasteiger partial charge in [-0.15, -0.1) is 0 Å². The molecule has 3 heterocycles. The van der Waals surface area contributed by atoms with Gasteiger partial charge in [0.1, 0.15) is 0 Å². The molecule has 8 heteroatoms. The molecule has 1 aliphatic heterocycles. The van der Waals surface area contributed by atoms with Gasteiger partial charge >= 0.3 is 5.97 Å². The van der Waals surface area contributed by atoms with Gasteiger partial charge in [-0.3, -0.25) is 14.0 Å². The monoisotopic (exact) mass is 408 g/mol. The Hall–Kier alpha value is -3.26. The van der Waals surface area contributed by atoms with Crippen molar-refractivity contribution in [2.45, 2.75) is 19.9 Å². The average Bonchev–Trinajstić information content (AvgIpc) is 3.19. The van der Waals surface area contributed by atoms with Crippen LogP contribution in [0, 0.1) is 6.92 Å². The molecule has 4 rings (SSSR count). The van der Waals surface area contributed by atoms with Crippen LogP contribution in [-0.4, -0.2) is 27.4 Å². The average molecular weight is 408 g/mol. The zero-order valence-corrected chi connectivity index (χ0v) is 17.4. The lowest BCUT2D eigenvalue weighted by Gasteiger charge is -2.24. The van der Waals surface area contributed by atoms with Gasteiger partial charge in [-0.1, -0.05) is 41.7 Å². The van der Waals surface area contributed by atoms with Crippen LogP contribution in [0.4, 0.5) is 0 Å². The third-order valence-electron chi connectivity index (χ3n) is 4.88. The van der Waals surface area contributed by atoms with Crippen molar-refractivity contribution in [1.29, 1.82) is 0 Å². The van der Waals surface area contributed by atoms with Crippen molar-refractivity contribution in [3.8, 4) is 0 Å². The Balaban J connectivity index is 2.00. The van der Waals surface area contributed by atoms with E-state index >= 15 is 0 Å². The summed E-state index contributed by atoms with van der Waals surface area (Å²) >= 11 is 1.30. The number of methoxy groups -OCH3 is 1. The minimum Gasteiger partial charge on any atom is -0.466 e. The number of aromatic nitrogens is 3.